The average Bonchev–Trinajstić information content (AvgIpc) is 3.10. The van der Waals surface area contributed by atoms with E-state index in [1.807, 2.05) is 4.57 Å². The highest BCUT2D eigenvalue weighted by Gasteiger charge is 2.23. The fourth-order valence-corrected chi connectivity index (χ4v) is 4.13. The summed E-state index contributed by atoms with van der Waals surface area (Å²) in [5.74, 6) is 0.858. The van der Waals surface area contributed by atoms with Gasteiger partial charge in [-0.15, -0.1) is 0 Å². The van der Waals surface area contributed by atoms with E-state index in [4.69, 9.17) is 9.72 Å². The van der Waals surface area contributed by atoms with Crippen molar-refractivity contribution >= 4 is 11.2 Å². The first-order valence-electron chi connectivity index (χ1n) is 10.3. The molecule has 0 bridgehead atoms. The molecule has 2 aliphatic rings. The lowest BCUT2D eigenvalue weighted by Crippen LogP contribution is -2.44. The molecule has 2 aromatic rings. The number of hydrogen-bond donors (Lipinski definition) is 0. The zero-order valence-corrected chi connectivity index (χ0v) is 17.6. The van der Waals surface area contributed by atoms with Crippen LogP contribution in [0.2, 0.25) is 0 Å². The topological polar surface area (TPSA) is 80.8 Å². The molecule has 0 saturated carbocycles. The van der Waals surface area contributed by atoms with Gasteiger partial charge in [0.05, 0.1) is 19.8 Å². The number of likely N-dealkylation sites (N-methyl/N-ethyl adjacent to an activating group) is 1. The number of aryl methyl sites for hydroxylation is 1. The van der Waals surface area contributed by atoms with E-state index in [-0.39, 0.29) is 11.2 Å². The maximum absolute atomic E-state index is 13.0. The highest BCUT2D eigenvalue weighted by atomic mass is 16.5. The minimum Gasteiger partial charge on any atom is -0.379 e. The highest BCUT2D eigenvalue weighted by Crippen LogP contribution is 2.15. The van der Waals surface area contributed by atoms with Gasteiger partial charge in [-0.1, -0.05) is 0 Å². The van der Waals surface area contributed by atoms with Gasteiger partial charge in [0.25, 0.3) is 5.56 Å². The third-order valence-corrected chi connectivity index (χ3v) is 6.13. The molecule has 2 aliphatic heterocycles. The Kier molecular flexibility index (Phi) is 5.86. The summed E-state index contributed by atoms with van der Waals surface area (Å²) in [5, 5.41) is 0. The summed E-state index contributed by atoms with van der Waals surface area (Å²) >= 11 is 0. The minimum absolute atomic E-state index is 0.276. The maximum atomic E-state index is 13.0. The van der Waals surface area contributed by atoms with Gasteiger partial charge in [0.15, 0.2) is 11.2 Å². The molecule has 0 spiro atoms. The molecule has 2 fully saturated rings. The van der Waals surface area contributed by atoms with Crippen molar-refractivity contribution < 1.29 is 4.74 Å². The number of fused-ring (bicyclic) bond motifs is 1. The van der Waals surface area contributed by atoms with Crippen molar-refractivity contribution in [3.8, 4) is 0 Å². The monoisotopic (exact) mass is 405 g/mol. The van der Waals surface area contributed by atoms with Crippen LogP contribution in [0.25, 0.3) is 11.2 Å². The van der Waals surface area contributed by atoms with Crippen LogP contribution in [-0.2, 0) is 31.9 Å². The lowest BCUT2D eigenvalue weighted by molar-refractivity contribution is 0.0363. The van der Waals surface area contributed by atoms with Gasteiger partial charge < -0.3 is 14.2 Å². The van der Waals surface area contributed by atoms with Gasteiger partial charge in [0, 0.05) is 66.5 Å². The van der Waals surface area contributed by atoms with E-state index < -0.39 is 0 Å². The summed E-state index contributed by atoms with van der Waals surface area (Å²) in [5.41, 5.74) is 0.380. The number of rotatable bonds is 5. The van der Waals surface area contributed by atoms with Crippen LogP contribution >= 0.6 is 0 Å². The van der Waals surface area contributed by atoms with Crippen molar-refractivity contribution in [2.24, 2.45) is 14.1 Å². The molecule has 0 aromatic carbocycles. The van der Waals surface area contributed by atoms with E-state index in [0.29, 0.717) is 24.3 Å². The SMILES string of the molecule is CN1CCN(Cc2nc3c(c(=O)n(C)c(=O)n3C)n2CCN2CCOCC2)CC1. The summed E-state index contributed by atoms with van der Waals surface area (Å²) < 4.78 is 10.1. The van der Waals surface area contributed by atoms with E-state index in [2.05, 4.69) is 21.7 Å². The number of ether oxygens (including phenoxy) is 1. The maximum Gasteiger partial charge on any atom is 0.332 e. The Morgan fingerprint density at radius 1 is 0.862 bits per heavy atom. The van der Waals surface area contributed by atoms with Crippen LogP contribution in [0.3, 0.4) is 0 Å². The zero-order valence-electron chi connectivity index (χ0n) is 17.6. The van der Waals surface area contributed by atoms with Crippen molar-refractivity contribution in [1.82, 2.24) is 33.4 Å². The van der Waals surface area contributed by atoms with E-state index >= 15 is 0 Å². The Labute approximate surface area is 169 Å². The van der Waals surface area contributed by atoms with Gasteiger partial charge in [-0.05, 0) is 7.05 Å². The van der Waals surface area contributed by atoms with Crippen LogP contribution in [-0.4, -0.2) is 99.5 Å². The van der Waals surface area contributed by atoms with Gasteiger partial charge in [0.2, 0.25) is 0 Å². The Morgan fingerprint density at radius 2 is 1.55 bits per heavy atom. The fraction of sp³-hybridized carbons (Fsp3) is 0.737. The van der Waals surface area contributed by atoms with Crippen LogP contribution in [0.1, 0.15) is 5.82 Å². The molecule has 10 nitrogen and oxygen atoms in total. The van der Waals surface area contributed by atoms with Crippen LogP contribution in [0.5, 0.6) is 0 Å². The van der Waals surface area contributed by atoms with Gasteiger partial charge in [-0.3, -0.25) is 23.7 Å². The largest absolute Gasteiger partial charge is 0.379 e. The third-order valence-electron chi connectivity index (χ3n) is 6.13. The van der Waals surface area contributed by atoms with E-state index in [1.54, 1.807) is 7.05 Å². The predicted molar refractivity (Wildman–Crippen MR) is 110 cm³/mol. The smallest absolute Gasteiger partial charge is 0.332 e. The molecule has 4 heterocycles. The van der Waals surface area contributed by atoms with Gasteiger partial charge in [-0.25, -0.2) is 9.78 Å². The standard InChI is InChI=1S/C19H31N7O3/c1-21-4-6-25(7-5-21)14-15-20-17-16(18(27)23(3)19(28)22(17)2)26(15)9-8-24-10-12-29-13-11-24/h4-14H2,1-3H3. The molecule has 0 atom stereocenters. The van der Waals surface area contributed by atoms with Gasteiger partial charge in [0.1, 0.15) is 5.82 Å². The molecule has 2 saturated heterocycles. The van der Waals surface area contributed by atoms with E-state index in [1.165, 1.54) is 16.2 Å². The molecule has 0 unspecified atom stereocenters. The number of morpholine rings is 1. The minimum atomic E-state index is -0.341. The second kappa shape index (κ2) is 8.39. The van der Waals surface area contributed by atoms with Crippen molar-refractivity contribution in [2.75, 3.05) is 66.1 Å². The molecule has 4 rings (SSSR count). The second-order valence-corrected chi connectivity index (χ2v) is 8.09. The van der Waals surface area contributed by atoms with Crippen molar-refractivity contribution in [1.29, 1.82) is 0 Å². The number of piperazine rings is 1. The summed E-state index contributed by atoms with van der Waals surface area (Å²) in [7, 11) is 5.35. The molecular weight excluding hydrogens is 374 g/mol. The van der Waals surface area contributed by atoms with Gasteiger partial charge in [-0.2, -0.15) is 0 Å². The summed E-state index contributed by atoms with van der Waals surface area (Å²) in [6.07, 6.45) is 0. The Hall–Kier alpha value is -2.01. The molecule has 29 heavy (non-hydrogen) atoms. The first kappa shape index (κ1) is 20.3. The van der Waals surface area contributed by atoms with Crippen molar-refractivity contribution in [3.05, 3.63) is 26.7 Å². The van der Waals surface area contributed by atoms with Crippen molar-refractivity contribution in [2.45, 2.75) is 13.1 Å². The van der Waals surface area contributed by atoms with E-state index in [0.717, 1.165) is 64.9 Å². The van der Waals surface area contributed by atoms with Gasteiger partial charge >= 0.3 is 5.69 Å². The van der Waals surface area contributed by atoms with E-state index in [9.17, 15) is 9.59 Å². The predicted octanol–water partition coefficient (Wildman–Crippen LogP) is -1.49. The molecule has 160 valence electrons. The lowest BCUT2D eigenvalue weighted by Gasteiger charge is -2.32. The Morgan fingerprint density at radius 3 is 2.24 bits per heavy atom. The number of nitrogens with zero attached hydrogens (tertiary/aromatic N) is 7. The van der Waals surface area contributed by atoms with Crippen LogP contribution < -0.4 is 11.2 Å². The molecular formula is C19H31N7O3. The lowest BCUT2D eigenvalue weighted by atomic mass is 10.3. The first-order valence-corrected chi connectivity index (χ1v) is 10.3. The number of aromatic nitrogens is 4. The molecule has 0 aliphatic carbocycles. The van der Waals surface area contributed by atoms with Crippen LogP contribution in [0.15, 0.2) is 9.59 Å². The number of hydrogen-bond acceptors (Lipinski definition) is 7. The summed E-state index contributed by atoms with van der Waals surface area (Å²) in [6, 6.07) is 0. The second-order valence-electron chi connectivity index (χ2n) is 8.09. The van der Waals surface area contributed by atoms with Crippen LogP contribution in [0, 0.1) is 0 Å². The molecule has 10 heteroatoms. The highest BCUT2D eigenvalue weighted by molar-refractivity contribution is 5.71. The quantitative estimate of drug-likeness (QED) is 0.600. The molecule has 0 N–H and O–H groups in total. The Balaban J connectivity index is 1.70. The molecule has 0 radical (unpaired) electrons. The average molecular weight is 406 g/mol. The first-order chi connectivity index (χ1) is 14.0. The molecule has 2 aromatic heterocycles. The fourth-order valence-electron chi connectivity index (χ4n) is 4.13. The van der Waals surface area contributed by atoms with Crippen LogP contribution in [0.4, 0.5) is 0 Å². The zero-order chi connectivity index (χ0) is 20.5. The summed E-state index contributed by atoms with van der Waals surface area (Å²) in [6.45, 7) is 9.47. The third kappa shape index (κ3) is 4.02. The summed E-state index contributed by atoms with van der Waals surface area (Å²) in [4.78, 5) is 37.2. The van der Waals surface area contributed by atoms with Crippen molar-refractivity contribution in [3.63, 3.8) is 0 Å². The Bertz CT molecular complexity index is 978. The molecule has 0 amide bonds. The normalized spacial score (nSPS) is 20.0. The number of imidazole rings is 1.